The molecule has 0 saturated carbocycles. The van der Waals surface area contributed by atoms with Gasteiger partial charge in [-0.05, 0) is 43.0 Å². The van der Waals surface area contributed by atoms with Crippen molar-refractivity contribution in [2.45, 2.75) is 32.2 Å². The predicted molar refractivity (Wildman–Crippen MR) is 142 cm³/mol. The normalized spacial score (nSPS) is 16.6. The van der Waals surface area contributed by atoms with Gasteiger partial charge >= 0.3 is 0 Å². The number of aliphatic imine (C=N–C) groups is 1. The lowest BCUT2D eigenvalue weighted by Gasteiger charge is -2.42. The molecule has 2 aliphatic heterocycles. The maximum absolute atomic E-state index is 5.11. The van der Waals surface area contributed by atoms with Crippen LogP contribution in [0.1, 0.15) is 42.5 Å². The van der Waals surface area contributed by atoms with Crippen LogP contribution >= 0.6 is 0 Å². The maximum atomic E-state index is 5.11. The average Bonchev–Trinajstić information content (AvgIpc) is 2.88. The summed E-state index contributed by atoms with van der Waals surface area (Å²) in [6.45, 7) is 9.84. The van der Waals surface area contributed by atoms with E-state index in [1.54, 1.807) is 0 Å². The first-order valence-electron chi connectivity index (χ1n) is 12.3. The second kappa shape index (κ2) is 10.2. The van der Waals surface area contributed by atoms with E-state index in [-0.39, 0.29) is 6.04 Å². The van der Waals surface area contributed by atoms with Crippen molar-refractivity contribution >= 4 is 5.84 Å². The molecule has 3 aromatic carbocycles. The Hall–Kier alpha value is -3.43. The molecule has 0 spiro atoms. The monoisotopic (exact) mass is 447 g/mol. The van der Waals surface area contributed by atoms with E-state index in [0.29, 0.717) is 0 Å². The highest BCUT2D eigenvalue weighted by atomic mass is 15.3. The van der Waals surface area contributed by atoms with Crippen molar-refractivity contribution in [3.63, 3.8) is 0 Å². The predicted octanol–water partition coefficient (Wildman–Crippen LogP) is 6.62. The van der Waals surface area contributed by atoms with Crippen molar-refractivity contribution in [2.75, 3.05) is 19.6 Å². The molecule has 0 unspecified atom stereocenters. The molecule has 0 amide bonds. The van der Waals surface area contributed by atoms with E-state index in [1.807, 2.05) is 0 Å². The fourth-order valence-corrected chi connectivity index (χ4v) is 5.23. The average molecular weight is 448 g/mol. The third kappa shape index (κ3) is 4.76. The van der Waals surface area contributed by atoms with E-state index in [4.69, 9.17) is 4.99 Å². The van der Waals surface area contributed by atoms with Crippen molar-refractivity contribution in [1.29, 1.82) is 0 Å². The van der Waals surface area contributed by atoms with Crippen LogP contribution in [0.2, 0.25) is 0 Å². The van der Waals surface area contributed by atoms with Gasteiger partial charge in [-0.2, -0.15) is 0 Å². The molecule has 0 N–H and O–H groups in total. The van der Waals surface area contributed by atoms with Gasteiger partial charge in [0.15, 0.2) is 0 Å². The van der Waals surface area contributed by atoms with Gasteiger partial charge in [0.1, 0.15) is 5.84 Å². The molecule has 3 heteroatoms. The van der Waals surface area contributed by atoms with Crippen LogP contribution in [0.4, 0.5) is 0 Å². The number of aryl methyl sites for hydroxylation is 1. The Labute approximate surface area is 203 Å². The van der Waals surface area contributed by atoms with Gasteiger partial charge in [-0.1, -0.05) is 97.6 Å². The molecule has 0 fully saturated rings. The SMILES string of the molecule is C=C1C2=C(CCN(CCCc3ccccc3)C2)N=C(C)N1C(c1ccccc1)c1ccccc1. The highest BCUT2D eigenvalue weighted by Crippen LogP contribution is 2.39. The van der Waals surface area contributed by atoms with E-state index >= 15 is 0 Å². The van der Waals surface area contributed by atoms with Crippen LogP contribution in [-0.2, 0) is 6.42 Å². The summed E-state index contributed by atoms with van der Waals surface area (Å²) in [5.41, 5.74) is 7.54. The first kappa shape index (κ1) is 22.4. The minimum absolute atomic E-state index is 0.0566. The largest absolute Gasteiger partial charge is 0.319 e. The lowest BCUT2D eigenvalue weighted by molar-refractivity contribution is 0.274. The Kier molecular flexibility index (Phi) is 6.73. The van der Waals surface area contributed by atoms with Crippen LogP contribution in [0.25, 0.3) is 0 Å². The summed E-state index contributed by atoms with van der Waals surface area (Å²) in [6, 6.07) is 32.3. The van der Waals surface area contributed by atoms with Crippen molar-refractivity contribution in [3.05, 3.63) is 131 Å². The van der Waals surface area contributed by atoms with Gasteiger partial charge in [0.05, 0.1) is 11.7 Å². The summed E-state index contributed by atoms with van der Waals surface area (Å²) in [4.78, 5) is 10.0. The van der Waals surface area contributed by atoms with Crippen LogP contribution in [0.3, 0.4) is 0 Å². The quantitative estimate of drug-likeness (QED) is 0.405. The third-order valence-corrected chi connectivity index (χ3v) is 6.95. The van der Waals surface area contributed by atoms with Gasteiger partial charge in [0, 0.05) is 30.8 Å². The molecule has 5 rings (SSSR count). The molecule has 0 radical (unpaired) electrons. The van der Waals surface area contributed by atoms with Gasteiger partial charge in [0.2, 0.25) is 0 Å². The molecular weight excluding hydrogens is 414 g/mol. The summed E-state index contributed by atoms with van der Waals surface area (Å²) in [7, 11) is 0. The highest BCUT2D eigenvalue weighted by molar-refractivity contribution is 5.86. The maximum Gasteiger partial charge on any atom is 0.107 e. The molecule has 34 heavy (non-hydrogen) atoms. The summed E-state index contributed by atoms with van der Waals surface area (Å²) < 4.78 is 0. The Morgan fingerprint density at radius 3 is 2.06 bits per heavy atom. The standard InChI is InChI=1S/C31H33N3/c1-24-29-23-33(21-12-15-26-13-6-3-7-14-26)22-20-30(29)32-25(2)34(24)31(27-16-8-4-9-17-27)28-18-10-5-11-19-28/h3-11,13-14,16-19,31H,1,12,15,20-23H2,2H3. The Balaban J connectivity index is 1.36. The first-order chi connectivity index (χ1) is 16.7. The molecule has 2 aliphatic rings. The smallest absolute Gasteiger partial charge is 0.107 e. The zero-order chi connectivity index (χ0) is 23.3. The molecule has 0 aromatic heterocycles. The number of rotatable bonds is 7. The molecule has 2 heterocycles. The number of benzene rings is 3. The van der Waals surface area contributed by atoms with Crippen LogP contribution in [0.5, 0.6) is 0 Å². The van der Waals surface area contributed by atoms with Crippen molar-refractivity contribution in [3.8, 4) is 0 Å². The van der Waals surface area contributed by atoms with Gasteiger partial charge < -0.3 is 4.90 Å². The third-order valence-electron chi connectivity index (χ3n) is 6.95. The van der Waals surface area contributed by atoms with E-state index in [0.717, 1.165) is 44.0 Å². The molecule has 3 aromatic rings. The first-order valence-corrected chi connectivity index (χ1v) is 12.3. The lowest BCUT2D eigenvalue weighted by atomic mass is 9.93. The Bertz CT molecular complexity index is 1140. The second-order valence-electron chi connectivity index (χ2n) is 9.24. The molecule has 0 saturated heterocycles. The number of amidine groups is 1. The van der Waals surface area contributed by atoms with Crippen molar-refractivity contribution < 1.29 is 0 Å². The Morgan fingerprint density at radius 1 is 0.853 bits per heavy atom. The topological polar surface area (TPSA) is 18.8 Å². The zero-order valence-corrected chi connectivity index (χ0v) is 20.0. The number of hydrogen-bond acceptors (Lipinski definition) is 3. The highest BCUT2D eigenvalue weighted by Gasteiger charge is 2.33. The van der Waals surface area contributed by atoms with Gasteiger partial charge in [-0.25, -0.2) is 4.99 Å². The van der Waals surface area contributed by atoms with E-state index < -0.39 is 0 Å². The summed E-state index contributed by atoms with van der Waals surface area (Å²) in [6.07, 6.45) is 3.28. The van der Waals surface area contributed by atoms with E-state index in [1.165, 1.54) is 34.4 Å². The van der Waals surface area contributed by atoms with Gasteiger partial charge in [-0.15, -0.1) is 0 Å². The van der Waals surface area contributed by atoms with Crippen molar-refractivity contribution in [1.82, 2.24) is 9.80 Å². The van der Waals surface area contributed by atoms with E-state index in [9.17, 15) is 0 Å². The summed E-state index contributed by atoms with van der Waals surface area (Å²) in [5.74, 6) is 1.03. The molecule has 172 valence electrons. The van der Waals surface area contributed by atoms with Crippen LogP contribution in [0.15, 0.2) is 120 Å². The lowest BCUT2D eigenvalue weighted by Crippen LogP contribution is -2.41. The minimum Gasteiger partial charge on any atom is -0.319 e. The minimum atomic E-state index is 0.0566. The number of hydrogen-bond donors (Lipinski definition) is 0. The van der Waals surface area contributed by atoms with Gasteiger partial charge in [-0.3, -0.25) is 4.90 Å². The van der Waals surface area contributed by atoms with Crippen LogP contribution in [-0.4, -0.2) is 35.3 Å². The second-order valence-corrected chi connectivity index (χ2v) is 9.24. The molecule has 3 nitrogen and oxygen atoms in total. The molecule has 0 bridgehead atoms. The molecular formula is C31H33N3. The fraction of sp³-hybridized carbons (Fsp3) is 0.258. The molecule has 0 aliphatic carbocycles. The van der Waals surface area contributed by atoms with Crippen molar-refractivity contribution in [2.24, 2.45) is 4.99 Å². The summed E-state index contributed by atoms with van der Waals surface area (Å²) >= 11 is 0. The Morgan fingerprint density at radius 2 is 1.44 bits per heavy atom. The van der Waals surface area contributed by atoms with Crippen LogP contribution in [0, 0.1) is 0 Å². The summed E-state index contributed by atoms with van der Waals surface area (Å²) in [5, 5.41) is 0. The van der Waals surface area contributed by atoms with Gasteiger partial charge in [0.25, 0.3) is 0 Å². The van der Waals surface area contributed by atoms with Crippen LogP contribution < -0.4 is 0 Å². The zero-order valence-electron chi connectivity index (χ0n) is 20.0. The fourth-order valence-electron chi connectivity index (χ4n) is 5.23. The van der Waals surface area contributed by atoms with E-state index in [2.05, 4.69) is 114 Å². The number of nitrogens with zero attached hydrogens (tertiary/aromatic N) is 3. The molecule has 0 atom stereocenters.